The van der Waals surface area contributed by atoms with Gasteiger partial charge in [0.25, 0.3) is 11.6 Å². The highest BCUT2D eigenvalue weighted by atomic mass is 19.4. The Morgan fingerprint density at radius 2 is 1.88 bits per heavy atom. The van der Waals surface area contributed by atoms with Crippen LogP contribution in [0.3, 0.4) is 0 Å². The Morgan fingerprint density at radius 1 is 1.17 bits per heavy atom. The van der Waals surface area contributed by atoms with Gasteiger partial charge in [-0.3, -0.25) is 14.9 Å². The maximum absolute atomic E-state index is 12.6. The first-order valence-corrected chi connectivity index (χ1v) is 6.52. The van der Waals surface area contributed by atoms with Crippen LogP contribution in [-0.2, 0) is 6.18 Å². The van der Waals surface area contributed by atoms with Crippen LogP contribution in [0.25, 0.3) is 0 Å². The predicted molar refractivity (Wildman–Crippen MR) is 79.6 cm³/mol. The molecule has 0 radical (unpaired) electrons. The van der Waals surface area contributed by atoms with E-state index in [0.717, 1.165) is 18.3 Å². The summed E-state index contributed by atoms with van der Waals surface area (Å²) in [6.45, 7) is 0. The van der Waals surface area contributed by atoms with E-state index in [2.05, 4.69) is 10.5 Å². The Bertz CT molecular complexity index is 804. The van der Waals surface area contributed by atoms with E-state index in [4.69, 9.17) is 0 Å². The van der Waals surface area contributed by atoms with Crippen molar-refractivity contribution >= 4 is 17.8 Å². The molecule has 1 N–H and O–H groups in total. The Hall–Kier alpha value is -3.23. The standard InChI is InChI=1S/C15H10F3N3O3/c16-15(17,18)12-5-2-4-11(8-12)14(22)20-19-9-10-3-1-6-13(7-10)21(23)24/h1-9H,(H,20,22). The number of nitrogens with one attached hydrogen (secondary N) is 1. The Kier molecular flexibility index (Phi) is 4.93. The van der Waals surface area contributed by atoms with Crippen LogP contribution >= 0.6 is 0 Å². The van der Waals surface area contributed by atoms with Crippen molar-refractivity contribution in [1.29, 1.82) is 0 Å². The number of halogens is 3. The summed E-state index contributed by atoms with van der Waals surface area (Å²) >= 11 is 0. The summed E-state index contributed by atoms with van der Waals surface area (Å²) in [5.41, 5.74) is 1.12. The lowest BCUT2D eigenvalue weighted by atomic mass is 10.1. The third-order valence-electron chi connectivity index (χ3n) is 2.91. The SMILES string of the molecule is O=C(NN=Cc1cccc([N+](=O)[O-])c1)c1cccc(C(F)(F)F)c1. The van der Waals surface area contributed by atoms with E-state index in [-0.39, 0.29) is 11.3 Å². The number of carbonyl (C=O) groups excluding carboxylic acids is 1. The average Bonchev–Trinajstić information content (AvgIpc) is 2.54. The molecular weight excluding hydrogens is 327 g/mol. The molecule has 0 aromatic heterocycles. The van der Waals surface area contributed by atoms with Crippen molar-refractivity contribution in [2.45, 2.75) is 6.18 Å². The van der Waals surface area contributed by atoms with Crippen molar-refractivity contribution in [3.05, 3.63) is 75.3 Å². The monoisotopic (exact) mass is 337 g/mol. The number of hydrogen-bond donors (Lipinski definition) is 1. The molecule has 0 spiro atoms. The molecule has 0 atom stereocenters. The van der Waals surface area contributed by atoms with Crippen molar-refractivity contribution in [3.63, 3.8) is 0 Å². The van der Waals surface area contributed by atoms with E-state index < -0.39 is 22.6 Å². The Labute approximate surface area is 133 Å². The first kappa shape index (κ1) is 17.1. The molecule has 6 nitrogen and oxygen atoms in total. The lowest BCUT2D eigenvalue weighted by Crippen LogP contribution is -2.18. The van der Waals surface area contributed by atoms with Gasteiger partial charge in [0, 0.05) is 23.3 Å². The van der Waals surface area contributed by atoms with Crippen molar-refractivity contribution in [2.24, 2.45) is 5.10 Å². The molecule has 0 bridgehead atoms. The third kappa shape index (κ3) is 4.38. The van der Waals surface area contributed by atoms with Gasteiger partial charge < -0.3 is 0 Å². The van der Waals surface area contributed by atoms with Gasteiger partial charge in [0.1, 0.15) is 0 Å². The van der Waals surface area contributed by atoms with Gasteiger partial charge in [0.15, 0.2) is 0 Å². The van der Waals surface area contributed by atoms with Gasteiger partial charge in [-0.15, -0.1) is 0 Å². The third-order valence-corrected chi connectivity index (χ3v) is 2.91. The minimum Gasteiger partial charge on any atom is -0.267 e. The maximum atomic E-state index is 12.6. The van der Waals surface area contributed by atoms with E-state index in [9.17, 15) is 28.1 Å². The van der Waals surface area contributed by atoms with Crippen molar-refractivity contribution in [3.8, 4) is 0 Å². The first-order chi connectivity index (χ1) is 11.3. The van der Waals surface area contributed by atoms with Crippen molar-refractivity contribution in [2.75, 3.05) is 0 Å². The largest absolute Gasteiger partial charge is 0.416 e. The number of hydrazone groups is 1. The fraction of sp³-hybridized carbons (Fsp3) is 0.0667. The fourth-order valence-corrected chi connectivity index (χ4v) is 1.79. The summed E-state index contributed by atoms with van der Waals surface area (Å²) < 4.78 is 37.8. The minimum atomic E-state index is -4.55. The molecule has 0 fully saturated rings. The smallest absolute Gasteiger partial charge is 0.267 e. The van der Waals surface area contributed by atoms with Gasteiger partial charge in [0.05, 0.1) is 16.7 Å². The van der Waals surface area contributed by atoms with E-state index in [1.807, 2.05) is 0 Å². The molecule has 0 heterocycles. The average molecular weight is 337 g/mol. The molecule has 0 aliphatic heterocycles. The molecule has 9 heteroatoms. The van der Waals surface area contributed by atoms with Gasteiger partial charge in [-0.25, -0.2) is 5.43 Å². The number of nitrogens with zero attached hydrogens (tertiary/aromatic N) is 2. The summed E-state index contributed by atoms with van der Waals surface area (Å²) in [5, 5.41) is 14.2. The van der Waals surface area contributed by atoms with Gasteiger partial charge in [0.2, 0.25) is 0 Å². The molecule has 2 aromatic rings. The molecule has 1 amide bonds. The Morgan fingerprint density at radius 3 is 2.54 bits per heavy atom. The van der Waals surface area contributed by atoms with Crippen LogP contribution in [0.15, 0.2) is 53.6 Å². The zero-order chi connectivity index (χ0) is 17.7. The molecule has 0 unspecified atom stereocenters. The molecule has 2 rings (SSSR count). The highest BCUT2D eigenvalue weighted by Gasteiger charge is 2.30. The summed E-state index contributed by atoms with van der Waals surface area (Å²) in [6.07, 6.45) is -3.40. The summed E-state index contributed by atoms with van der Waals surface area (Å²) in [5.74, 6) is -0.831. The van der Waals surface area contributed by atoms with Crippen molar-refractivity contribution < 1.29 is 22.9 Å². The van der Waals surface area contributed by atoms with E-state index >= 15 is 0 Å². The molecule has 124 valence electrons. The van der Waals surface area contributed by atoms with Crippen molar-refractivity contribution in [1.82, 2.24) is 5.43 Å². The fourth-order valence-electron chi connectivity index (χ4n) is 1.79. The number of non-ortho nitro benzene ring substituents is 1. The van der Waals surface area contributed by atoms with Crippen LogP contribution < -0.4 is 5.43 Å². The number of hydrogen-bond acceptors (Lipinski definition) is 4. The first-order valence-electron chi connectivity index (χ1n) is 6.52. The van der Waals surface area contributed by atoms with Crippen LogP contribution in [0.1, 0.15) is 21.5 Å². The second-order valence-corrected chi connectivity index (χ2v) is 4.63. The van der Waals surface area contributed by atoms with Gasteiger partial charge >= 0.3 is 6.18 Å². The van der Waals surface area contributed by atoms with Crippen LogP contribution in [-0.4, -0.2) is 17.0 Å². The van der Waals surface area contributed by atoms with E-state index in [1.54, 1.807) is 0 Å². The van der Waals surface area contributed by atoms with Gasteiger partial charge in [-0.2, -0.15) is 18.3 Å². The minimum absolute atomic E-state index is 0.150. The number of alkyl halides is 3. The number of rotatable bonds is 4. The highest BCUT2D eigenvalue weighted by molar-refractivity contribution is 5.95. The van der Waals surface area contributed by atoms with E-state index in [1.165, 1.54) is 30.3 Å². The zero-order valence-corrected chi connectivity index (χ0v) is 11.9. The molecule has 24 heavy (non-hydrogen) atoms. The molecule has 0 saturated carbocycles. The number of nitro benzene ring substituents is 1. The van der Waals surface area contributed by atoms with Crippen LogP contribution in [0, 0.1) is 10.1 Å². The number of benzene rings is 2. The molecule has 0 aliphatic carbocycles. The second kappa shape index (κ2) is 6.90. The van der Waals surface area contributed by atoms with Gasteiger partial charge in [-0.1, -0.05) is 18.2 Å². The topological polar surface area (TPSA) is 84.6 Å². The number of carbonyl (C=O) groups is 1. The van der Waals surface area contributed by atoms with Crippen LogP contribution in [0.2, 0.25) is 0 Å². The van der Waals surface area contributed by atoms with Crippen LogP contribution in [0.5, 0.6) is 0 Å². The number of amides is 1. The summed E-state index contributed by atoms with van der Waals surface area (Å²) in [6, 6.07) is 9.37. The Balaban J connectivity index is 2.08. The van der Waals surface area contributed by atoms with Crippen LogP contribution in [0.4, 0.5) is 18.9 Å². The quantitative estimate of drug-likeness (QED) is 0.527. The summed E-state index contributed by atoms with van der Waals surface area (Å²) in [7, 11) is 0. The molecule has 2 aromatic carbocycles. The predicted octanol–water partition coefficient (Wildman–Crippen LogP) is 3.38. The molecule has 0 saturated heterocycles. The molecular formula is C15H10F3N3O3. The normalized spacial score (nSPS) is 11.5. The number of nitro groups is 1. The maximum Gasteiger partial charge on any atom is 0.416 e. The molecule has 0 aliphatic rings. The van der Waals surface area contributed by atoms with Gasteiger partial charge in [-0.05, 0) is 18.2 Å². The lowest BCUT2D eigenvalue weighted by molar-refractivity contribution is -0.384. The second-order valence-electron chi connectivity index (χ2n) is 4.63. The zero-order valence-electron chi connectivity index (χ0n) is 11.9. The summed E-state index contributed by atoms with van der Waals surface area (Å²) in [4.78, 5) is 21.8. The van der Waals surface area contributed by atoms with E-state index in [0.29, 0.717) is 11.6 Å². The highest BCUT2D eigenvalue weighted by Crippen LogP contribution is 2.29. The lowest BCUT2D eigenvalue weighted by Gasteiger charge is -2.07.